The van der Waals surface area contributed by atoms with Crippen LogP contribution in [0.3, 0.4) is 0 Å². The van der Waals surface area contributed by atoms with Gasteiger partial charge in [0.15, 0.2) is 5.65 Å². The number of hydrogen-bond acceptors (Lipinski definition) is 5. The summed E-state index contributed by atoms with van der Waals surface area (Å²) >= 11 is 0. The van der Waals surface area contributed by atoms with E-state index in [2.05, 4.69) is 26.0 Å². The number of anilines is 1. The third kappa shape index (κ3) is 2.98. The number of nitrogens with zero attached hydrogens (tertiary/aromatic N) is 3. The highest BCUT2D eigenvalue weighted by atomic mass is 16.2. The molecule has 2 aromatic rings. The highest BCUT2D eigenvalue weighted by Gasteiger charge is 2.29. The number of carbonyl (C=O) groups is 3. The van der Waals surface area contributed by atoms with Crippen LogP contribution in [-0.4, -0.2) is 38.7 Å². The van der Waals surface area contributed by atoms with Gasteiger partial charge in [0, 0.05) is 18.9 Å². The number of aromatic nitrogens is 3. The summed E-state index contributed by atoms with van der Waals surface area (Å²) in [5.41, 5.74) is 2.14. The normalized spacial score (nSPS) is 17.2. The lowest BCUT2D eigenvalue weighted by Crippen LogP contribution is -2.30. The molecule has 0 bridgehead atoms. The van der Waals surface area contributed by atoms with E-state index in [0.717, 1.165) is 16.7 Å². The fourth-order valence-corrected chi connectivity index (χ4v) is 2.54. The van der Waals surface area contributed by atoms with Crippen LogP contribution >= 0.6 is 0 Å². The van der Waals surface area contributed by atoms with Crippen LogP contribution in [0.1, 0.15) is 18.5 Å². The molecule has 9 heteroatoms. The fraction of sp³-hybridized carbons (Fsp3) is 0.357. The van der Waals surface area contributed by atoms with Gasteiger partial charge in [-0.25, -0.2) is 9.78 Å². The molecule has 23 heavy (non-hydrogen) atoms. The van der Waals surface area contributed by atoms with Crippen molar-refractivity contribution in [2.45, 2.75) is 25.8 Å². The SMILES string of the molecule is Cc1nn(C)c2ncc(NC(=O)CCC3NC(=O)NC3=O)cc12. The summed E-state index contributed by atoms with van der Waals surface area (Å²) in [5.74, 6) is -0.654. The largest absolute Gasteiger partial charge is 0.326 e. The minimum atomic E-state index is -0.658. The molecule has 120 valence electrons. The predicted octanol–water partition coefficient (Wildman–Crippen LogP) is 0.203. The molecule has 3 rings (SSSR count). The number of rotatable bonds is 4. The maximum atomic E-state index is 12.0. The molecule has 0 saturated carbocycles. The van der Waals surface area contributed by atoms with E-state index < -0.39 is 18.0 Å². The molecule has 0 aliphatic carbocycles. The lowest BCUT2D eigenvalue weighted by Gasteiger charge is -2.08. The summed E-state index contributed by atoms with van der Waals surface area (Å²) in [6, 6.07) is 0.628. The van der Waals surface area contributed by atoms with E-state index in [9.17, 15) is 14.4 Å². The summed E-state index contributed by atoms with van der Waals surface area (Å²) < 4.78 is 1.68. The first-order valence-corrected chi connectivity index (χ1v) is 7.14. The Bertz CT molecular complexity index is 812. The second kappa shape index (κ2) is 5.67. The van der Waals surface area contributed by atoms with Gasteiger partial charge in [0.2, 0.25) is 5.91 Å². The summed E-state index contributed by atoms with van der Waals surface area (Å²) in [4.78, 5) is 38.7. The van der Waals surface area contributed by atoms with Crippen LogP contribution in [0.25, 0.3) is 11.0 Å². The van der Waals surface area contributed by atoms with E-state index in [-0.39, 0.29) is 18.7 Å². The Hall–Kier alpha value is -2.97. The first kappa shape index (κ1) is 14.9. The molecule has 1 aliphatic rings. The molecule has 1 fully saturated rings. The van der Waals surface area contributed by atoms with Crippen LogP contribution in [0.15, 0.2) is 12.3 Å². The Kier molecular flexibility index (Phi) is 3.68. The predicted molar refractivity (Wildman–Crippen MR) is 81.6 cm³/mol. The maximum Gasteiger partial charge on any atom is 0.322 e. The van der Waals surface area contributed by atoms with Gasteiger partial charge in [0.05, 0.1) is 17.6 Å². The van der Waals surface area contributed by atoms with Crippen molar-refractivity contribution in [1.29, 1.82) is 0 Å². The minimum Gasteiger partial charge on any atom is -0.326 e. The molecule has 0 radical (unpaired) electrons. The molecule has 0 aromatic carbocycles. The molecular weight excluding hydrogens is 300 g/mol. The lowest BCUT2D eigenvalue weighted by atomic mass is 10.1. The third-order valence-electron chi connectivity index (χ3n) is 3.67. The van der Waals surface area contributed by atoms with Crippen LogP contribution in [0.4, 0.5) is 10.5 Å². The van der Waals surface area contributed by atoms with E-state index in [1.165, 1.54) is 0 Å². The zero-order valence-electron chi connectivity index (χ0n) is 12.7. The number of nitrogens with one attached hydrogen (secondary N) is 3. The standard InChI is InChI=1S/C14H16N6O3/c1-7-9-5-8(6-15-12(9)20(2)19-7)16-11(21)4-3-10-13(22)18-14(23)17-10/h5-6,10H,3-4H2,1-2H3,(H,16,21)(H2,17,18,22,23). The third-order valence-corrected chi connectivity index (χ3v) is 3.67. The highest BCUT2D eigenvalue weighted by Crippen LogP contribution is 2.19. The molecule has 0 spiro atoms. The van der Waals surface area contributed by atoms with E-state index in [4.69, 9.17) is 0 Å². The van der Waals surface area contributed by atoms with Crippen LogP contribution < -0.4 is 16.0 Å². The fourth-order valence-electron chi connectivity index (χ4n) is 2.54. The molecule has 2 aromatic heterocycles. The molecule has 3 heterocycles. The Morgan fingerprint density at radius 1 is 1.43 bits per heavy atom. The van der Waals surface area contributed by atoms with Crippen LogP contribution in [0.5, 0.6) is 0 Å². The first-order valence-electron chi connectivity index (χ1n) is 7.14. The van der Waals surface area contributed by atoms with Gasteiger partial charge in [0.1, 0.15) is 6.04 Å². The Balaban J connectivity index is 1.63. The average molecular weight is 316 g/mol. The Morgan fingerprint density at radius 3 is 2.91 bits per heavy atom. The molecule has 1 unspecified atom stereocenters. The summed E-state index contributed by atoms with van der Waals surface area (Å²) in [5, 5.41) is 12.5. The molecule has 3 N–H and O–H groups in total. The molecular formula is C14H16N6O3. The Labute approximate surface area is 131 Å². The topological polar surface area (TPSA) is 118 Å². The van der Waals surface area contributed by atoms with Crippen molar-refractivity contribution in [3.05, 3.63) is 18.0 Å². The van der Waals surface area contributed by atoms with Gasteiger partial charge in [-0.2, -0.15) is 5.10 Å². The molecule has 1 saturated heterocycles. The zero-order valence-corrected chi connectivity index (χ0v) is 12.7. The first-order chi connectivity index (χ1) is 10.9. The summed E-state index contributed by atoms with van der Waals surface area (Å²) in [6.45, 7) is 1.87. The van der Waals surface area contributed by atoms with E-state index in [1.807, 2.05) is 20.0 Å². The second-order valence-corrected chi connectivity index (χ2v) is 5.41. The zero-order chi connectivity index (χ0) is 16.6. The van der Waals surface area contributed by atoms with Crippen LogP contribution in [0.2, 0.25) is 0 Å². The van der Waals surface area contributed by atoms with Crippen molar-refractivity contribution in [3.63, 3.8) is 0 Å². The minimum absolute atomic E-state index is 0.114. The number of imide groups is 1. The smallest absolute Gasteiger partial charge is 0.322 e. The number of pyridine rings is 1. The van der Waals surface area contributed by atoms with Crippen molar-refractivity contribution in [1.82, 2.24) is 25.4 Å². The van der Waals surface area contributed by atoms with Crippen molar-refractivity contribution in [2.24, 2.45) is 7.05 Å². The van der Waals surface area contributed by atoms with Crippen LogP contribution in [-0.2, 0) is 16.6 Å². The monoisotopic (exact) mass is 316 g/mol. The number of aryl methyl sites for hydroxylation is 2. The lowest BCUT2D eigenvalue weighted by molar-refractivity contribution is -0.120. The van der Waals surface area contributed by atoms with E-state index in [0.29, 0.717) is 5.69 Å². The number of carbonyl (C=O) groups excluding carboxylic acids is 3. The molecule has 1 aliphatic heterocycles. The number of amides is 4. The maximum absolute atomic E-state index is 12.0. The highest BCUT2D eigenvalue weighted by molar-refractivity contribution is 6.04. The van der Waals surface area contributed by atoms with Gasteiger partial charge in [-0.1, -0.05) is 0 Å². The number of hydrogen-bond donors (Lipinski definition) is 3. The molecule has 9 nitrogen and oxygen atoms in total. The number of urea groups is 1. The second-order valence-electron chi connectivity index (χ2n) is 5.41. The van der Waals surface area contributed by atoms with E-state index >= 15 is 0 Å². The van der Waals surface area contributed by atoms with Gasteiger partial charge in [0.25, 0.3) is 5.91 Å². The average Bonchev–Trinajstić information content (AvgIpc) is 2.96. The molecule has 4 amide bonds. The van der Waals surface area contributed by atoms with E-state index in [1.54, 1.807) is 10.9 Å². The van der Waals surface area contributed by atoms with Crippen molar-refractivity contribution in [3.8, 4) is 0 Å². The van der Waals surface area contributed by atoms with Gasteiger partial charge in [-0.05, 0) is 19.4 Å². The van der Waals surface area contributed by atoms with Gasteiger partial charge < -0.3 is 10.6 Å². The van der Waals surface area contributed by atoms with Gasteiger partial charge >= 0.3 is 6.03 Å². The summed E-state index contributed by atoms with van der Waals surface area (Å²) in [7, 11) is 1.81. The number of fused-ring (bicyclic) bond motifs is 1. The van der Waals surface area contributed by atoms with Crippen molar-refractivity contribution >= 4 is 34.6 Å². The van der Waals surface area contributed by atoms with Crippen LogP contribution in [0, 0.1) is 6.92 Å². The van der Waals surface area contributed by atoms with Crippen molar-refractivity contribution < 1.29 is 14.4 Å². The van der Waals surface area contributed by atoms with Gasteiger partial charge in [-0.3, -0.25) is 19.6 Å². The summed E-state index contributed by atoms with van der Waals surface area (Å²) in [6.07, 6.45) is 1.92. The van der Waals surface area contributed by atoms with Crippen molar-refractivity contribution in [2.75, 3.05) is 5.32 Å². The quantitative estimate of drug-likeness (QED) is 0.697. The van der Waals surface area contributed by atoms with Gasteiger partial charge in [-0.15, -0.1) is 0 Å². The molecule has 1 atom stereocenters. The Morgan fingerprint density at radius 2 is 2.22 bits per heavy atom.